The molecule has 0 radical (unpaired) electrons. The van der Waals surface area contributed by atoms with E-state index in [2.05, 4.69) is 15.5 Å². The van der Waals surface area contributed by atoms with Crippen LogP contribution in [0.2, 0.25) is 0 Å². The van der Waals surface area contributed by atoms with Crippen molar-refractivity contribution < 1.29 is 9.72 Å². The molecule has 0 saturated heterocycles. The highest BCUT2D eigenvalue weighted by atomic mass is 16.6. The molecule has 0 aliphatic carbocycles. The summed E-state index contributed by atoms with van der Waals surface area (Å²) in [7, 11) is 0. The van der Waals surface area contributed by atoms with E-state index in [-0.39, 0.29) is 16.9 Å². The van der Waals surface area contributed by atoms with Crippen molar-refractivity contribution in [1.82, 2.24) is 10.2 Å². The van der Waals surface area contributed by atoms with Gasteiger partial charge < -0.3 is 5.32 Å². The van der Waals surface area contributed by atoms with Crippen LogP contribution >= 0.6 is 0 Å². The maximum atomic E-state index is 11.8. The van der Waals surface area contributed by atoms with Gasteiger partial charge in [0, 0.05) is 17.0 Å². The van der Waals surface area contributed by atoms with Crippen LogP contribution < -0.4 is 10.9 Å². The molecule has 114 valence electrons. The Kier molecular flexibility index (Phi) is 3.55. The molecule has 0 aliphatic heterocycles. The van der Waals surface area contributed by atoms with E-state index in [0.717, 1.165) is 0 Å². The Bertz CT molecular complexity index is 981. The largest absolute Gasteiger partial charge is 0.323 e. The number of carbonyl (C=O) groups is 1. The lowest BCUT2D eigenvalue weighted by Gasteiger charge is -2.07. The van der Waals surface area contributed by atoms with E-state index in [1.807, 2.05) is 0 Å². The fraction of sp³-hybridized carbons (Fsp3) is 0. The molecule has 0 aliphatic rings. The summed E-state index contributed by atoms with van der Waals surface area (Å²) < 4.78 is 0. The predicted octanol–water partition coefficient (Wildman–Crippen LogP) is 2.07. The molecule has 0 unspecified atom stereocenters. The second-order valence-corrected chi connectivity index (χ2v) is 4.70. The number of nitro groups is 1. The van der Waals surface area contributed by atoms with Crippen LogP contribution in [0.3, 0.4) is 0 Å². The van der Waals surface area contributed by atoms with Crippen LogP contribution in [0.1, 0.15) is 0 Å². The first kappa shape index (κ1) is 14.4. The lowest BCUT2D eigenvalue weighted by atomic mass is 10.0. The zero-order valence-electron chi connectivity index (χ0n) is 11.6. The van der Waals surface area contributed by atoms with E-state index < -0.39 is 4.92 Å². The van der Waals surface area contributed by atoms with E-state index >= 15 is 0 Å². The van der Waals surface area contributed by atoms with Crippen LogP contribution in [0.4, 0.5) is 11.4 Å². The fourth-order valence-electron chi connectivity index (χ4n) is 2.35. The lowest BCUT2D eigenvalue weighted by molar-refractivity contribution is -0.383. The van der Waals surface area contributed by atoms with Gasteiger partial charge in [-0.05, 0) is 12.1 Å². The monoisotopic (exact) mass is 310 g/mol. The van der Waals surface area contributed by atoms with Crippen molar-refractivity contribution in [2.24, 2.45) is 0 Å². The van der Waals surface area contributed by atoms with Crippen LogP contribution in [0.15, 0.2) is 47.3 Å². The van der Waals surface area contributed by atoms with Gasteiger partial charge >= 0.3 is 0 Å². The predicted molar refractivity (Wildman–Crippen MR) is 84.1 cm³/mol. The maximum Gasteiger partial charge on any atom is 0.293 e. The zero-order chi connectivity index (χ0) is 16.4. The molecule has 3 aromatic rings. The third kappa shape index (κ3) is 2.53. The molecule has 1 amide bonds. The molecule has 3 rings (SSSR count). The fourth-order valence-corrected chi connectivity index (χ4v) is 2.35. The average molecular weight is 310 g/mol. The van der Waals surface area contributed by atoms with Crippen molar-refractivity contribution in [3.05, 3.63) is 62.9 Å². The van der Waals surface area contributed by atoms with Crippen molar-refractivity contribution >= 4 is 28.6 Å². The first-order valence-corrected chi connectivity index (χ1v) is 6.58. The van der Waals surface area contributed by atoms with E-state index in [1.54, 1.807) is 30.3 Å². The molecule has 2 aromatic carbocycles. The number of aromatic amines is 1. The van der Waals surface area contributed by atoms with Gasteiger partial charge in [-0.1, -0.05) is 24.3 Å². The average Bonchev–Trinajstić information content (AvgIpc) is 2.56. The number of nitrogens with one attached hydrogen (secondary N) is 2. The minimum Gasteiger partial charge on any atom is -0.323 e. The second kappa shape index (κ2) is 5.68. The summed E-state index contributed by atoms with van der Waals surface area (Å²) in [5.74, 6) is 0. The molecule has 0 bridgehead atoms. The van der Waals surface area contributed by atoms with Crippen LogP contribution in [-0.4, -0.2) is 21.5 Å². The summed E-state index contributed by atoms with van der Waals surface area (Å²) >= 11 is 0. The Morgan fingerprint density at radius 1 is 1.17 bits per heavy atom. The summed E-state index contributed by atoms with van der Waals surface area (Å²) in [6.45, 7) is 0. The van der Waals surface area contributed by atoms with Crippen molar-refractivity contribution in [1.29, 1.82) is 0 Å². The topological polar surface area (TPSA) is 118 Å². The zero-order valence-corrected chi connectivity index (χ0v) is 11.6. The molecule has 0 fully saturated rings. The molecule has 1 aromatic heterocycles. The third-order valence-corrected chi connectivity index (χ3v) is 3.38. The van der Waals surface area contributed by atoms with Gasteiger partial charge in [-0.15, -0.1) is 0 Å². The molecule has 23 heavy (non-hydrogen) atoms. The van der Waals surface area contributed by atoms with Crippen molar-refractivity contribution in [2.45, 2.75) is 0 Å². The Labute approximate surface area is 128 Å². The van der Waals surface area contributed by atoms with Gasteiger partial charge in [0.2, 0.25) is 6.41 Å². The third-order valence-electron chi connectivity index (χ3n) is 3.38. The van der Waals surface area contributed by atoms with Gasteiger partial charge in [0.25, 0.3) is 11.2 Å². The summed E-state index contributed by atoms with van der Waals surface area (Å²) in [5, 5.41) is 20.9. The smallest absolute Gasteiger partial charge is 0.293 e. The number of nitro benzene ring substituents is 1. The summed E-state index contributed by atoms with van der Waals surface area (Å²) in [5.41, 5.74) is 0.369. The molecule has 0 saturated carbocycles. The number of fused-ring (bicyclic) bond motifs is 1. The highest BCUT2D eigenvalue weighted by molar-refractivity contribution is 5.94. The number of rotatable bonds is 4. The number of amides is 1. The summed E-state index contributed by atoms with van der Waals surface area (Å²) in [4.78, 5) is 32.9. The lowest BCUT2D eigenvalue weighted by Crippen LogP contribution is -2.09. The SMILES string of the molecule is O=CNc1ccc(-c2n[nH]c(=O)c3ccccc23)cc1[N+](=O)[O-]. The van der Waals surface area contributed by atoms with Gasteiger partial charge in [0.1, 0.15) is 5.69 Å². The summed E-state index contributed by atoms with van der Waals surface area (Å²) in [6, 6.07) is 11.2. The number of H-pyrrole nitrogens is 1. The van der Waals surface area contributed by atoms with E-state index in [0.29, 0.717) is 28.4 Å². The Morgan fingerprint density at radius 2 is 1.91 bits per heavy atom. The molecular formula is C15H10N4O4. The standard InChI is InChI=1S/C15H10N4O4/c20-8-16-12-6-5-9(7-13(12)19(22)23)14-10-3-1-2-4-11(10)15(21)18-17-14/h1-8H,(H,16,20)(H,18,21). The normalized spacial score (nSPS) is 10.4. The first-order valence-electron chi connectivity index (χ1n) is 6.58. The summed E-state index contributed by atoms with van der Waals surface area (Å²) in [6.07, 6.45) is 0.371. The van der Waals surface area contributed by atoms with Crippen molar-refractivity contribution in [3.8, 4) is 11.3 Å². The van der Waals surface area contributed by atoms with Crippen LogP contribution in [0.5, 0.6) is 0 Å². The van der Waals surface area contributed by atoms with Crippen LogP contribution in [-0.2, 0) is 4.79 Å². The molecule has 1 heterocycles. The van der Waals surface area contributed by atoms with Gasteiger partial charge in [-0.2, -0.15) is 5.10 Å². The van der Waals surface area contributed by atoms with E-state index in [1.165, 1.54) is 12.1 Å². The number of anilines is 1. The van der Waals surface area contributed by atoms with Crippen LogP contribution in [0, 0.1) is 10.1 Å². The van der Waals surface area contributed by atoms with E-state index in [9.17, 15) is 19.7 Å². The van der Waals surface area contributed by atoms with Gasteiger partial charge in [-0.25, -0.2) is 5.10 Å². The van der Waals surface area contributed by atoms with Crippen LogP contribution in [0.25, 0.3) is 22.0 Å². The number of benzene rings is 2. The Morgan fingerprint density at radius 3 is 2.61 bits per heavy atom. The molecule has 2 N–H and O–H groups in total. The van der Waals surface area contributed by atoms with E-state index in [4.69, 9.17) is 0 Å². The molecule has 0 atom stereocenters. The van der Waals surface area contributed by atoms with Crippen molar-refractivity contribution in [3.63, 3.8) is 0 Å². The highest BCUT2D eigenvalue weighted by Crippen LogP contribution is 2.31. The number of nitrogens with zero attached hydrogens (tertiary/aromatic N) is 2. The quantitative estimate of drug-likeness (QED) is 0.434. The van der Waals surface area contributed by atoms with Gasteiger partial charge in [0.15, 0.2) is 0 Å². The highest BCUT2D eigenvalue weighted by Gasteiger charge is 2.17. The molecule has 8 nitrogen and oxygen atoms in total. The first-order chi connectivity index (χ1) is 11.1. The Balaban J connectivity index is 2.25. The minimum absolute atomic E-state index is 0.0856. The van der Waals surface area contributed by atoms with Gasteiger partial charge in [0.05, 0.1) is 16.0 Å². The van der Waals surface area contributed by atoms with Crippen molar-refractivity contribution in [2.75, 3.05) is 5.32 Å². The number of hydrogen-bond donors (Lipinski definition) is 2. The minimum atomic E-state index is -0.594. The molecular weight excluding hydrogens is 300 g/mol. The second-order valence-electron chi connectivity index (χ2n) is 4.70. The number of carbonyl (C=O) groups excluding carboxylic acids is 1. The number of hydrogen-bond acceptors (Lipinski definition) is 5. The Hall–Kier alpha value is -3.55. The van der Waals surface area contributed by atoms with Gasteiger partial charge in [-0.3, -0.25) is 19.7 Å². The number of aromatic nitrogens is 2. The maximum absolute atomic E-state index is 11.8. The molecule has 8 heteroatoms. The molecule has 0 spiro atoms.